The van der Waals surface area contributed by atoms with Gasteiger partial charge in [0.25, 0.3) is 0 Å². The molecule has 140 valence electrons. The van der Waals surface area contributed by atoms with Crippen molar-refractivity contribution in [3.8, 4) is 11.1 Å². The van der Waals surface area contributed by atoms with Crippen LogP contribution < -0.4 is 0 Å². The average molecular weight is 364 g/mol. The summed E-state index contributed by atoms with van der Waals surface area (Å²) < 4.78 is 0. The highest BCUT2D eigenvalue weighted by molar-refractivity contribution is 6.35. The summed E-state index contributed by atoms with van der Waals surface area (Å²) in [6.45, 7) is 2.82. The second-order valence-electron chi connectivity index (χ2n) is 7.44. The number of benzene rings is 1. The van der Waals surface area contributed by atoms with E-state index < -0.39 is 5.91 Å². The van der Waals surface area contributed by atoms with Crippen LogP contribution >= 0.6 is 0 Å². The molecule has 1 aromatic carbocycles. The minimum absolute atomic E-state index is 0.0295. The van der Waals surface area contributed by atoms with Crippen molar-refractivity contribution in [2.75, 3.05) is 6.54 Å². The topological polar surface area (TPSA) is 66.4 Å². The molecule has 1 atom stereocenters. The largest absolute Gasteiger partial charge is 0.327 e. The van der Waals surface area contributed by atoms with Gasteiger partial charge in [-0.1, -0.05) is 43.2 Å². The number of piperazine rings is 1. The van der Waals surface area contributed by atoms with Gasteiger partial charge in [0.1, 0.15) is 5.82 Å². The zero-order valence-electron chi connectivity index (χ0n) is 15.5. The second kappa shape index (κ2) is 7.47. The van der Waals surface area contributed by atoms with E-state index in [1.807, 2.05) is 42.2 Å². The maximum Gasteiger partial charge on any atom is 0.312 e. The molecule has 2 aromatic rings. The molecule has 0 radical (unpaired) electrons. The summed E-state index contributed by atoms with van der Waals surface area (Å²) in [7, 11) is 0. The van der Waals surface area contributed by atoms with Gasteiger partial charge < -0.3 is 9.80 Å². The third-order valence-electron chi connectivity index (χ3n) is 5.53. The van der Waals surface area contributed by atoms with E-state index in [1.54, 1.807) is 17.3 Å². The van der Waals surface area contributed by atoms with E-state index in [-0.39, 0.29) is 24.5 Å². The molecule has 2 heterocycles. The average Bonchev–Trinajstić information content (AvgIpc) is 3.21. The van der Waals surface area contributed by atoms with Crippen molar-refractivity contribution >= 4 is 11.8 Å². The summed E-state index contributed by atoms with van der Waals surface area (Å²) in [6, 6.07) is 10.2. The fraction of sp³-hybridized carbons (Fsp3) is 0.429. The summed E-state index contributed by atoms with van der Waals surface area (Å²) >= 11 is 0. The van der Waals surface area contributed by atoms with Crippen molar-refractivity contribution < 1.29 is 9.59 Å². The van der Waals surface area contributed by atoms with Crippen LogP contribution in [-0.2, 0) is 16.1 Å². The number of hydrogen-bond donors (Lipinski definition) is 0. The minimum atomic E-state index is -0.435. The predicted octanol–water partition coefficient (Wildman–Crippen LogP) is 2.65. The molecule has 1 aromatic heterocycles. The Morgan fingerprint density at radius 2 is 1.63 bits per heavy atom. The van der Waals surface area contributed by atoms with Crippen LogP contribution in [0.1, 0.15) is 38.4 Å². The second-order valence-corrected chi connectivity index (χ2v) is 7.44. The number of amides is 2. The van der Waals surface area contributed by atoms with Crippen LogP contribution in [0.5, 0.6) is 0 Å². The first-order valence-electron chi connectivity index (χ1n) is 9.61. The van der Waals surface area contributed by atoms with Crippen molar-refractivity contribution in [2.24, 2.45) is 0 Å². The fourth-order valence-corrected chi connectivity index (χ4v) is 4.17. The SMILES string of the molecule is C[C@@H]1CN(Cc2ncc(-c3ccccc3)cn2)C(=O)C(=O)N1C1CCCC1. The Balaban J connectivity index is 1.45. The van der Waals surface area contributed by atoms with E-state index in [1.165, 1.54) is 0 Å². The number of nitrogens with zero attached hydrogens (tertiary/aromatic N) is 4. The molecule has 2 fully saturated rings. The number of hydrogen-bond acceptors (Lipinski definition) is 4. The highest BCUT2D eigenvalue weighted by Gasteiger charge is 2.41. The molecule has 1 aliphatic heterocycles. The van der Waals surface area contributed by atoms with Crippen molar-refractivity contribution in [3.63, 3.8) is 0 Å². The molecular formula is C21H24N4O2. The van der Waals surface area contributed by atoms with Crippen LogP contribution in [0.3, 0.4) is 0 Å². The molecule has 0 unspecified atom stereocenters. The zero-order chi connectivity index (χ0) is 18.8. The minimum Gasteiger partial charge on any atom is -0.327 e. The molecule has 1 saturated heterocycles. The number of carbonyl (C=O) groups is 2. The lowest BCUT2D eigenvalue weighted by molar-refractivity contribution is -0.161. The highest BCUT2D eigenvalue weighted by atomic mass is 16.2. The van der Waals surface area contributed by atoms with Crippen LogP contribution in [0.15, 0.2) is 42.7 Å². The normalized spacial score (nSPS) is 21.1. The molecule has 27 heavy (non-hydrogen) atoms. The lowest BCUT2D eigenvalue weighted by atomic mass is 10.1. The summed E-state index contributed by atoms with van der Waals surface area (Å²) in [5, 5.41) is 0. The smallest absolute Gasteiger partial charge is 0.312 e. The summed E-state index contributed by atoms with van der Waals surface area (Å²) in [5.41, 5.74) is 1.98. The summed E-state index contributed by atoms with van der Waals surface area (Å²) in [6.07, 6.45) is 7.83. The van der Waals surface area contributed by atoms with Crippen molar-refractivity contribution in [1.29, 1.82) is 0 Å². The van der Waals surface area contributed by atoms with Crippen LogP contribution in [0.4, 0.5) is 0 Å². The lowest BCUT2D eigenvalue weighted by Gasteiger charge is -2.41. The Bertz CT molecular complexity index is 816. The number of carbonyl (C=O) groups excluding carboxylic acids is 2. The van der Waals surface area contributed by atoms with Gasteiger partial charge in [-0.15, -0.1) is 0 Å². The maximum atomic E-state index is 12.7. The molecule has 4 rings (SSSR count). The monoisotopic (exact) mass is 364 g/mol. The van der Waals surface area contributed by atoms with E-state index in [4.69, 9.17) is 0 Å². The molecule has 6 heteroatoms. The van der Waals surface area contributed by atoms with Crippen LogP contribution in [-0.4, -0.2) is 50.2 Å². The van der Waals surface area contributed by atoms with Gasteiger partial charge in [0.2, 0.25) is 0 Å². The Morgan fingerprint density at radius 1 is 0.963 bits per heavy atom. The van der Waals surface area contributed by atoms with Gasteiger partial charge in [-0.2, -0.15) is 0 Å². The quantitative estimate of drug-likeness (QED) is 0.783. The lowest BCUT2D eigenvalue weighted by Crippen LogP contribution is -2.60. The molecule has 1 saturated carbocycles. The van der Waals surface area contributed by atoms with Crippen LogP contribution in [0, 0.1) is 0 Å². The van der Waals surface area contributed by atoms with Gasteiger partial charge >= 0.3 is 11.8 Å². The van der Waals surface area contributed by atoms with Gasteiger partial charge in [-0.3, -0.25) is 9.59 Å². The molecule has 0 spiro atoms. The van der Waals surface area contributed by atoms with Crippen molar-refractivity contribution in [3.05, 3.63) is 48.5 Å². The molecule has 2 amide bonds. The van der Waals surface area contributed by atoms with E-state index >= 15 is 0 Å². The Hall–Kier alpha value is -2.76. The van der Waals surface area contributed by atoms with Gasteiger partial charge in [0.15, 0.2) is 0 Å². The number of aromatic nitrogens is 2. The molecule has 0 N–H and O–H groups in total. The molecule has 1 aliphatic carbocycles. The van der Waals surface area contributed by atoms with Crippen LogP contribution in [0.2, 0.25) is 0 Å². The summed E-state index contributed by atoms with van der Waals surface area (Å²) in [5.74, 6) is -0.255. The molecule has 2 aliphatic rings. The van der Waals surface area contributed by atoms with Crippen molar-refractivity contribution in [1.82, 2.24) is 19.8 Å². The van der Waals surface area contributed by atoms with E-state index in [0.29, 0.717) is 12.4 Å². The predicted molar refractivity (Wildman–Crippen MR) is 101 cm³/mol. The van der Waals surface area contributed by atoms with Gasteiger partial charge in [-0.05, 0) is 25.3 Å². The molecule has 0 bridgehead atoms. The molecule has 6 nitrogen and oxygen atoms in total. The first kappa shape index (κ1) is 17.6. The number of rotatable bonds is 4. The van der Waals surface area contributed by atoms with Crippen molar-refractivity contribution in [2.45, 2.75) is 51.2 Å². The third kappa shape index (κ3) is 3.56. The standard InChI is InChI=1S/C21H24N4O2/c1-15-13-24(20(26)21(27)25(15)18-9-5-6-10-18)14-19-22-11-17(12-23-19)16-7-3-2-4-8-16/h2-4,7-8,11-12,15,18H,5-6,9-10,13-14H2,1H3/t15-/m1/s1. The van der Waals surface area contributed by atoms with Crippen LogP contribution in [0.25, 0.3) is 11.1 Å². The molecular weight excluding hydrogens is 340 g/mol. The van der Waals surface area contributed by atoms with E-state index in [9.17, 15) is 9.59 Å². The van der Waals surface area contributed by atoms with Gasteiger partial charge in [0.05, 0.1) is 6.54 Å². The Kier molecular flexibility index (Phi) is 4.88. The van der Waals surface area contributed by atoms with E-state index in [0.717, 1.165) is 36.8 Å². The third-order valence-corrected chi connectivity index (χ3v) is 5.53. The van der Waals surface area contributed by atoms with Gasteiger partial charge in [0, 0.05) is 36.6 Å². The first-order valence-corrected chi connectivity index (χ1v) is 9.61. The Morgan fingerprint density at radius 3 is 2.30 bits per heavy atom. The van der Waals surface area contributed by atoms with Gasteiger partial charge in [-0.25, -0.2) is 9.97 Å². The first-order chi connectivity index (χ1) is 13.1. The maximum absolute atomic E-state index is 12.7. The highest BCUT2D eigenvalue weighted by Crippen LogP contribution is 2.28. The summed E-state index contributed by atoms with van der Waals surface area (Å²) in [4.78, 5) is 37.5. The Labute approximate surface area is 159 Å². The van der Waals surface area contributed by atoms with E-state index in [2.05, 4.69) is 9.97 Å². The fourth-order valence-electron chi connectivity index (χ4n) is 4.17. The zero-order valence-corrected chi connectivity index (χ0v) is 15.5.